The Kier molecular flexibility index (Phi) is 4.33. The average Bonchev–Trinajstić information content (AvgIpc) is 3.08. The van der Waals surface area contributed by atoms with Crippen molar-refractivity contribution in [1.29, 1.82) is 0 Å². The van der Waals surface area contributed by atoms with E-state index in [0.717, 1.165) is 16.5 Å². The van der Waals surface area contributed by atoms with Gasteiger partial charge >= 0.3 is 5.97 Å². The minimum Gasteiger partial charge on any atom is -0.465 e. The first-order valence-electron chi connectivity index (χ1n) is 7.62. The predicted molar refractivity (Wildman–Crippen MR) is 92.0 cm³/mol. The number of carbonyl (C=O) groups is 2. The van der Waals surface area contributed by atoms with E-state index in [1.54, 1.807) is 25.1 Å². The number of ether oxygens (including phenoxy) is 1. The van der Waals surface area contributed by atoms with Gasteiger partial charge in [0.05, 0.1) is 12.7 Å². The topological polar surface area (TPSA) is 71.2 Å². The number of aryl methyl sites for hydroxylation is 1. The van der Waals surface area contributed by atoms with E-state index >= 15 is 0 Å². The quantitative estimate of drug-likeness (QED) is 0.725. The third-order valence-corrected chi connectivity index (χ3v) is 4.02. The van der Waals surface area contributed by atoms with E-state index < -0.39 is 5.97 Å². The molecular formula is C19H18N2O3. The van der Waals surface area contributed by atoms with E-state index in [1.165, 1.54) is 7.11 Å². The Morgan fingerprint density at radius 2 is 2.00 bits per heavy atom. The van der Waals surface area contributed by atoms with Gasteiger partial charge in [0.15, 0.2) is 0 Å². The van der Waals surface area contributed by atoms with Gasteiger partial charge in [-0.3, -0.25) is 4.79 Å². The van der Waals surface area contributed by atoms with Crippen LogP contribution in [-0.2, 0) is 11.3 Å². The number of H-pyrrole nitrogens is 1. The van der Waals surface area contributed by atoms with Crippen molar-refractivity contribution in [3.05, 3.63) is 70.9 Å². The number of methoxy groups -OCH3 is 1. The highest BCUT2D eigenvalue weighted by molar-refractivity contribution is 5.97. The Hall–Kier alpha value is -3.08. The summed E-state index contributed by atoms with van der Waals surface area (Å²) in [6.07, 6.45) is 1.88. The summed E-state index contributed by atoms with van der Waals surface area (Å²) in [5.41, 5.74) is 3.78. The van der Waals surface area contributed by atoms with Crippen LogP contribution in [0.25, 0.3) is 10.9 Å². The average molecular weight is 322 g/mol. The van der Waals surface area contributed by atoms with Gasteiger partial charge in [0.25, 0.3) is 5.91 Å². The van der Waals surface area contributed by atoms with Crippen LogP contribution < -0.4 is 5.32 Å². The van der Waals surface area contributed by atoms with Gasteiger partial charge in [0.1, 0.15) is 0 Å². The Morgan fingerprint density at radius 3 is 2.75 bits per heavy atom. The highest BCUT2D eigenvalue weighted by Gasteiger charge is 2.13. The second-order valence-electron chi connectivity index (χ2n) is 5.56. The number of hydrogen-bond donors (Lipinski definition) is 2. The zero-order valence-electron chi connectivity index (χ0n) is 13.6. The van der Waals surface area contributed by atoms with E-state index in [-0.39, 0.29) is 5.91 Å². The summed E-state index contributed by atoms with van der Waals surface area (Å²) in [5.74, 6) is -0.583. The molecule has 0 unspecified atom stereocenters. The molecule has 0 spiro atoms. The smallest absolute Gasteiger partial charge is 0.338 e. The first kappa shape index (κ1) is 15.8. The van der Waals surface area contributed by atoms with Crippen LogP contribution in [0.3, 0.4) is 0 Å². The van der Waals surface area contributed by atoms with E-state index in [1.807, 2.05) is 30.5 Å². The van der Waals surface area contributed by atoms with Crippen molar-refractivity contribution >= 4 is 22.8 Å². The number of carbonyl (C=O) groups excluding carboxylic acids is 2. The van der Waals surface area contributed by atoms with Crippen molar-refractivity contribution in [2.75, 3.05) is 7.11 Å². The van der Waals surface area contributed by atoms with Crippen molar-refractivity contribution in [2.45, 2.75) is 13.5 Å². The molecule has 0 bridgehead atoms. The minimum absolute atomic E-state index is 0.179. The summed E-state index contributed by atoms with van der Waals surface area (Å²) in [7, 11) is 1.34. The van der Waals surface area contributed by atoms with Gasteiger partial charge in [-0.2, -0.15) is 0 Å². The number of nitrogens with one attached hydrogen (secondary N) is 2. The summed E-state index contributed by atoms with van der Waals surface area (Å²) in [4.78, 5) is 27.1. The Labute approximate surface area is 139 Å². The van der Waals surface area contributed by atoms with Crippen LogP contribution in [0, 0.1) is 6.92 Å². The molecule has 0 fully saturated rings. The summed E-state index contributed by atoms with van der Waals surface area (Å²) in [6, 6.07) is 12.9. The molecule has 0 aliphatic heterocycles. The van der Waals surface area contributed by atoms with Crippen LogP contribution >= 0.6 is 0 Å². The number of esters is 1. The molecule has 122 valence electrons. The Bertz CT molecular complexity index is 912. The molecule has 2 N–H and O–H groups in total. The standard InChI is InChI=1S/C19H18N2O3/c1-12-10-13(6-7-15(12)19(23)24-2)18(22)21-11-14-4-3-5-17-16(14)8-9-20-17/h3-10,20H,11H2,1-2H3,(H,21,22). The van der Waals surface area contributed by atoms with Crippen LogP contribution in [0.1, 0.15) is 31.8 Å². The SMILES string of the molecule is COC(=O)c1ccc(C(=O)NCc2cccc3[nH]ccc23)cc1C. The molecule has 0 saturated heterocycles. The van der Waals surface area contributed by atoms with Crippen molar-refractivity contribution in [3.8, 4) is 0 Å². The van der Waals surface area contributed by atoms with E-state index in [9.17, 15) is 9.59 Å². The van der Waals surface area contributed by atoms with Crippen LogP contribution in [0.15, 0.2) is 48.7 Å². The molecule has 3 rings (SSSR count). The lowest BCUT2D eigenvalue weighted by atomic mass is 10.0. The van der Waals surface area contributed by atoms with Crippen molar-refractivity contribution in [2.24, 2.45) is 0 Å². The van der Waals surface area contributed by atoms with Crippen LogP contribution in [0.2, 0.25) is 0 Å². The van der Waals surface area contributed by atoms with Crippen molar-refractivity contribution < 1.29 is 14.3 Å². The molecule has 5 nitrogen and oxygen atoms in total. The maximum Gasteiger partial charge on any atom is 0.338 e. The number of aromatic amines is 1. The molecule has 0 aliphatic rings. The first-order valence-corrected chi connectivity index (χ1v) is 7.62. The molecule has 3 aromatic rings. The molecular weight excluding hydrogens is 304 g/mol. The Balaban J connectivity index is 1.74. The van der Waals surface area contributed by atoms with Crippen LogP contribution in [-0.4, -0.2) is 24.0 Å². The molecule has 0 saturated carbocycles. The third-order valence-electron chi connectivity index (χ3n) is 4.02. The number of fused-ring (bicyclic) bond motifs is 1. The van der Waals surface area contributed by atoms with Gasteiger partial charge in [-0.25, -0.2) is 4.79 Å². The molecule has 0 atom stereocenters. The number of rotatable bonds is 4. The number of hydrogen-bond acceptors (Lipinski definition) is 3. The van der Waals surface area contributed by atoms with Crippen LogP contribution in [0.4, 0.5) is 0 Å². The molecule has 0 radical (unpaired) electrons. The molecule has 24 heavy (non-hydrogen) atoms. The lowest BCUT2D eigenvalue weighted by Crippen LogP contribution is -2.23. The molecule has 5 heteroatoms. The van der Waals surface area contributed by atoms with Gasteiger partial charge < -0.3 is 15.0 Å². The summed E-state index contributed by atoms with van der Waals surface area (Å²) >= 11 is 0. The van der Waals surface area contributed by atoms with Gasteiger partial charge in [-0.1, -0.05) is 12.1 Å². The third kappa shape index (κ3) is 3.01. The monoisotopic (exact) mass is 322 g/mol. The molecule has 0 aliphatic carbocycles. The molecule has 2 aromatic carbocycles. The van der Waals surface area contributed by atoms with Gasteiger partial charge in [-0.15, -0.1) is 0 Å². The molecule has 1 amide bonds. The van der Waals surface area contributed by atoms with Gasteiger partial charge in [-0.05, 0) is 48.4 Å². The molecule has 1 heterocycles. The Morgan fingerprint density at radius 1 is 1.17 bits per heavy atom. The van der Waals surface area contributed by atoms with Crippen molar-refractivity contribution in [3.63, 3.8) is 0 Å². The van der Waals surface area contributed by atoms with Crippen molar-refractivity contribution in [1.82, 2.24) is 10.3 Å². The minimum atomic E-state index is -0.404. The highest BCUT2D eigenvalue weighted by atomic mass is 16.5. The fourth-order valence-corrected chi connectivity index (χ4v) is 2.73. The van der Waals surface area contributed by atoms with E-state index in [2.05, 4.69) is 10.3 Å². The van der Waals surface area contributed by atoms with Crippen LogP contribution in [0.5, 0.6) is 0 Å². The largest absolute Gasteiger partial charge is 0.465 e. The highest BCUT2D eigenvalue weighted by Crippen LogP contribution is 2.17. The maximum absolute atomic E-state index is 12.4. The van der Waals surface area contributed by atoms with Gasteiger partial charge in [0.2, 0.25) is 0 Å². The predicted octanol–water partition coefficient (Wildman–Crippen LogP) is 3.19. The lowest BCUT2D eigenvalue weighted by Gasteiger charge is -2.09. The lowest BCUT2D eigenvalue weighted by molar-refractivity contribution is 0.0599. The number of aromatic nitrogens is 1. The molecule has 1 aromatic heterocycles. The zero-order chi connectivity index (χ0) is 17.1. The van der Waals surface area contributed by atoms with E-state index in [0.29, 0.717) is 23.2 Å². The summed E-state index contributed by atoms with van der Waals surface area (Å²) < 4.78 is 4.71. The van der Waals surface area contributed by atoms with Gasteiger partial charge in [0, 0.05) is 29.2 Å². The first-order chi connectivity index (χ1) is 11.6. The fourth-order valence-electron chi connectivity index (χ4n) is 2.73. The zero-order valence-corrected chi connectivity index (χ0v) is 13.6. The second-order valence-corrected chi connectivity index (χ2v) is 5.56. The number of amides is 1. The summed E-state index contributed by atoms with van der Waals surface area (Å²) in [5, 5.41) is 4.01. The second kappa shape index (κ2) is 6.58. The fraction of sp³-hybridized carbons (Fsp3) is 0.158. The number of benzene rings is 2. The maximum atomic E-state index is 12.4. The summed E-state index contributed by atoms with van der Waals surface area (Å²) in [6.45, 7) is 2.22. The normalized spacial score (nSPS) is 10.6. The van der Waals surface area contributed by atoms with E-state index in [4.69, 9.17) is 4.74 Å².